The number of hydrogen-bond acceptors (Lipinski definition) is 6. The Morgan fingerprint density at radius 2 is 0.927 bits per heavy atom. The fraction of sp³-hybridized carbons (Fsp3) is 0.586. The van der Waals surface area contributed by atoms with Crippen LogP contribution in [-0.4, -0.2) is 9.79 Å². The van der Waals surface area contributed by atoms with Crippen molar-refractivity contribution < 1.29 is 96.9 Å². The Labute approximate surface area is 290 Å². The monoisotopic (exact) mass is 628 g/mol. The van der Waals surface area contributed by atoms with Gasteiger partial charge in [0.2, 0.25) is 0 Å². The van der Waals surface area contributed by atoms with Crippen molar-refractivity contribution in [3.63, 3.8) is 0 Å². The van der Waals surface area contributed by atoms with Crippen LogP contribution in [0, 0.1) is 0 Å². The third-order valence-corrected chi connectivity index (χ3v) is 7.30. The second-order valence-electron chi connectivity index (χ2n) is 14.3. The summed E-state index contributed by atoms with van der Waals surface area (Å²) in [7, 11) is -10.4. The molecule has 2 rings (SSSR count). The van der Waals surface area contributed by atoms with E-state index in [4.69, 9.17) is 9.05 Å². The number of phosphoric acid groups is 2. The van der Waals surface area contributed by atoms with E-state index in [9.17, 15) is 28.7 Å². The largest absolute Gasteiger partial charge is 1.00 e. The molecule has 0 aromatic heterocycles. The van der Waals surface area contributed by atoms with Crippen molar-refractivity contribution in [3.8, 4) is 11.5 Å². The molecule has 0 fully saturated rings. The summed E-state index contributed by atoms with van der Waals surface area (Å²) in [4.78, 5) is 43.5. The van der Waals surface area contributed by atoms with Crippen molar-refractivity contribution in [2.24, 2.45) is 0 Å². The van der Waals surface area contributed by atoms with Gasteiger partial charge in [0.1, 0.15) is 19.3 Å². The number of hydrogen-bond donors (Lipinski definition) is 2. The molecule has 2 aromatic rings. The minimum absolute atomic E-state index is 0. The van der Waals surface area contributed by atoms with Crippen LogP contribution >= 0.6 is 15.6 Å². The number of phosphoric ester groups is 2. The average Bonchev–Trinajstić information content (AvgIpc) is 2.64. The van der Waals surface area contributed by atoms with Gasteiger partial charge in [-0.05, 0) is 43.9 Å². The first kappa shape index (κ1) is 41.3. The molecule has 41 heavy (non-hydrogen) atoms. The Bertz CT molecular complexity index is 1220. The molecule has 0 heterocycles. The number of rotatable bonds is 6. The molecule has 8 nitrogen and oxygen atoms in total. The summed E-state index contributed by atoms with van der Waals surface area (Å²) in [6.07, 6.45) is 0.00463. The van der Waals surface area contributed by atoms with Crippen LogP contribution in [-0.2, 0) is 37.2 Å². The van der Waals surface area contributed by atoms with Crippen molar-refractivity contribution in [3.05, 3.63) is 57.6 Å². The number of benzene rings is 2. The van der Waals surface area contributed by atoms with Gasteiger partial charge >= 0.3 is 66.9 Å². The summed E-state index contributed by atoms with van der Waals surface area (Å²) in [5, 5.41) is 0. The van der Waals surface area contributed by atoms with Gasteiger partial charge in [0.15, 0.2) is 0 Å². The molecular formula is C29H44Na2O8P2. The first-order valence-electron chi connectivity index (χ1n) is 12.9. The molecule has 0 aliphatic heterocycles. The van der Waals surface area contributed by atoms with Gasteiger partial charge in [0.05, 0.1) is 0 Å². The Balaban J connectivity index is 0.00000800. The summed E-state index contributed by atoms with van der Waals surface area (Å²) >= 11 is 0. The van der Waals surface area contributed by atoms with Crippen molar-refractivity contribution in [2.45, 2.75) is 111 Å². The maximum atomic E-state index is 12.1. The zero-order valence-electron chi connectivity index (χ0n) is 27.3. The fourth-order valence-corrected chi connectivity index (χ4v) is 5.16. The van der Waals surface area contributed by atoms with Gasteiger partial charge in [-0.2, -0.15) is 0 Å². The molecule has 0 unspecified atom stereocenters. The van der Waals surface area contributed by atoms with E-state index in [0.717, 1.165) is 11.1 Å². The first-order chi connectivity index (χ1) is 17.1. The molecule has 0 saturated heterocycles. The van der Waals surface area contributed by atoms with Gasteiger partial charge in [0, 0.05) is 17.5 Å². The topological polar surface area (TPSA) is 139 Å². The molecule has 0 spiro atoms. The summed E-state index contributed by atoms with van der Waals surface area (Å²) in [5.41, 5.74) is 1.98. The second kappa shape index (κ2) is 13.8. The van der Waals surface area contributed by atoms with E-state index in [-0.39, 0.29) is 87.9 Å². The van der Waals surface area contributed by atoms with Crippen molar-refractivity contribution in [1.29, 1.82) is 0 Å². The molecule has 0 saturated carbocycles. The SMILES string of the molecule is CC(C)(C)c1cc(Cc2cc(C(C)(C)C)cc(C(C)(C)C)c2OP(=O)(O)O)c(OP(=O)([O-])[O-])c(C(C)(C)C)c1.[Na+].[Na+]. The smallest absolute Gasteiger partial charge is 0.780 e. The maximum Gasteiger partial charge on any atom is 1.00 e. The molecule has 0 amide bonds. The van der Waals surface area contributed by atoms with Gasteiger partial charge in [-0.1, -0.05) is 107 Å². The summed E-state index contributed by atoms with van der Waals surface area (Å²) in [6, 6.07) is 7.36. The molecule has 2 N–H and O–H groups in total. The van der Waals surface area contributed by atoms with Crippen LogP contribution in [0.3, 0.4) is 0 Å². The minimum Gasteiger partial charge on any atom is -0.780 e. The molecule has 0 radical (unpaired) electrons. The molecule has 0 aliphatic carbocycles. The standard InChI is InChI=1S/C29H46O8P2.2Na/c1-26(2,3)20-14-18(24(36-38(30,31)32)22(16-20)28(7,8)9)13-19-15-21(27(4,5)6)17-23(29(10,11)12)25(19)37-39(33,34)35;;/h14-17H,13H2,1-12H3,(H2,30,31,32)(H2,33,34,35);;/q;2*+1/p-2. The predicted octanol–water partition coefficient (Wildman–Crippen LogP) is 0.154. The van der Waals surface area contributed by atoms with E-state index < -0.39 is 26.5 Å². The van der Waals surface area contributed by atoms with E-state index >= 15 is 0 Å². The zero-order chi connectivity index (χ0) is 30.6. The Hall–Kier alpha value is 0.340. The maximum absolute atomic E-state index is 12.1. The Kier molecular flexibility index (Phi) is 13.9. The van der Waals surface area contributed by atoms with E-state index in [1.807, 2.05) is 101 Å². The summed E-state index contributed by atoms with van der Waals surface area (Å²) in [5.74, 6) is -0.0369. The van der Waals surface area contributed by atoms with Gasteiger partial charge in [0.25, 0.3) is 0 Å². The molecule has 2 aromatic carbocycles. The van der Waals surface area contributed by atoms with Crippen LogP contribution in [0.1, 0.15) is 116 Å². The van der Waals surface area contributed by atoms with Gasteiger partial charge in [-0.3, -0.25) is 9.79 Å². The quantitative estimate of drug-likeness (QED) is 0.341. The summed E-state index contributed by atoms with van der Waals surface area (Å²) < 4.78 is 34.5. The predicted molar refractivity (Wildman–Crippen MR) is 151 cm³/mol. The fourth-order valence-electron chi connectivity index (χ4n) is 4.27. The van der Waals surface area contributed by atoms with Crippen LogP contribution < -0.4 is 77.9 Å². The van der Waals surface area contributed by atoms with Crippen LogP contribution in [0.15, 0.2) is 24.3 Å². The van der Waals surface area contributed by atoms with Gasteiger partial charge < -0.3 is 23.4 Å². The molecule has 12 heteroatoms. The van der Waals surface area contributed by atoms with E-state index in [0.29, 0.717) is 22.3 Å². The van der Waals surface area contributed by atoms with Crippen LogP contribution in [0.5, 0.6) is 11.5 Å². The van der Waals surface area contributed by atoms with E-state index in [1.165, 1.54) is 0 Å². The first-order valence-corrected chi connectivity index (χ1v) is 15.9. The van der Waals surface area contributed by atoms with E-state index in [2.05, 4.69) is 0 Å². The Morgan fingerprint density at radius 1 is 0.610 bits per heavy atom. The molecular weight excluding hydrogens is 584 g/mol. The van der Waals surface area contributed by atoms with Crippen LogP contribution in [0.2, 0.25) is 0 Å². The molecule has 0 atom stereocenters. The zero-order valence-corrected chi connectivity index (χ0v) is 33.0. The van der Waals surface area contributed by atoms with Crippen molar-refractivity contribution in [1.82, 2.24) is 0 Å². The normalized spacial score (nSPS) is 13.3. The van der Waals surface area contributed by atoms with Crippen molar-refractivity contribution in [2.75, 3.05) is 0 Å². The molecule has 0 aliphatic rings. The van der Waals surface area contributed by atoms with Crippen LogP contribution in [0.25, 0.3) is 0 Å². The average molecular weight is 629 g/mol. The van der Waals surface area contributed by atoms with Gasteiger partial charge in [-0.25, -0.2) is 4.57 Å². The molecule has 220 valence electrons. The second-order valence-corrected chi connectivity index (χ2v) is 16.6. The van der Waals surface area contributed by atoms with Crippen molar-refractivity contribution >= 4 is 15.6 Å². The van der Waals surface area contributed by atoms with Gasteiger partial charge in [-0.15, -0.1) is 0 Å². The molecule has 0 bridgehead atoms. The van der Waals surface area contributed by atoms with E-state index in [1.54, 1.807) is 6.07 Å². The van der Waals surface area contributed by atoms with Crippen LogP contribution in [0.4, 0.5) is 0 Å². The third kappa shape index (κ3) is 12.0. The minimum atomic E-state index is -5.44. The third-order valence-electron chi connectivity index (χ3n) is 6.47. The Morgan fingerprint density at radius 3 is 1.17 bits per heavy atom. The summed E-state index contributed by atoms with van der Waals surface area (Å²) in [6.45, 7) is 23.6.